The number of hydrogen-bond acceptors (Lipinski definition) is 8. The summed E-state index contributed by atoms with van der Waals surface area (Å²) in [6.45, 7) is -0.819. The standard InChI is InChI=1S/C15H21NO8/c17-6-10-11(18)12(19)13(20)14(24-10)23-8-16-15(21)22-7-9-4-2-1-3-5-9/h1-5,10-14,17-20H,6-8H2,(H,16,21)/t10-,11-,12+,13-,14+/m1/s1. The van der Waals surface area contributed by atoms with Crippen molar-refractivity contribution in [3.05, 3.63) is 35.9 Å². The van der Waals surface area contributed by atoms with E-state index in [1.807, 2.05) is 18.2 Å². The molecular formula is C15H21NO8. The zero-order valence-corrected chi connectivity index (χ0v) is 12.8. The zero-order chi connectivity index (χ0) is 17.5. The van der Waals surface area contributed by atoms with Gasteiger partial charge in [-0.15, -0.1) is 0 Å². The van der Waals surface area contributed by atoms with Gasteiger partial charge in [0.25, 0.3) is 0 Å². The maximum absolute atomic E-state index is 11.5. The molecule has 9 heteroatoms. The number of hydrogen-bond donors (Lipinski definition) is 5. The number of alkyl carbamates (subject to hydrolysis) is 1. The van der Waals surface area contributed by atoms with E-state index in [0.29, 0.717) is 0 Å². The first-order valence-electron chi connectivity index (χ1n) is 7.39. The molecule has 1 saturated heterocycles. The molecule has 0 radical (unpaired) electrons. The highest BCUT2D eigenvalue weighted by Crippen LogP contribution is 2.21. The molecule has 24 heavy (non-hydrogen) atoms. The molecule has 0 aromatic heterocycles. The summed E-state index contributed by atoms with van der Waals surface area (Å²) < 4.78 is 15.2. The Bertz CT molecular complexity index is 511. The Balaban J connectivity index is 1.71. The van der Waals surface area contributed by atoms with Crippen molar-refractivity contribution < 1.29 is 39.4 Å². The molecule has 2 rings (SSSR count). The molecule has 1 aromatic carbocycles. The zero-order valence-electron chi connectivity index (χ0n) is 12.8. The van der Waals surface area contributed by atoms with E-state index in [1.54, 1.807) is 12.1 Å². The first-order valence-corrected chi connectivity index (χ1v) is 7.39. The number of amides is 1. The summed E-state index contributed by atoms with van der Waals surface area (Å²) in [7, 11) is 0. The molecule has 1 aliphatic rings. The van der Waals surface area contributed by atoms with Crippen LogP contribution in [0, 0.1) is 0 Å². The van der Waals surface area contributed by atoms with Crippen LogP contribution in [-0.4, -0.2) is 70.6 Å². The molecule has 134 valence electrons. The van der Waals surface area contributed by atoms with Crippen molar-refractivity contribution in [2.45, 2.75) is 37.3 Å². The average Bonchev–Trinajstić information content (AvgIpc) is 2.61. The number of rotatable bonds is 6. The van der Waals surface area contributed by atoms with Crippen molar-refractivity contribution in [3.8, 4) is 0 Å². The van der Waals surface area contributed by atoms with Crippen LogP contribution in [0.15, 0.2) is 30.3 Å². The van der Waals surface area contributed by atoms with Gasteiger partial charge in [0.1, 0.15) is 37.8 Å². The van der Waals surface area contributed by atoms with E-state index in [9.17, 15) is 20.1 Å². The molecule has 0 bridgehead atoms. The average molecular weight is 343 g/mol. The lowest BCUT2D eigenvalue weighted by molar-refractivity contribution is -0.301. The van der Waals surface area contributed by atoms with E-state index in [0.717, 1.165) is 5.56 Å². The van der Waals surface area contributed by atoms with Gasteiger partial charge in [-0.2, -0.15) is 0 Å². The number of aliphatic hydroxyl groups excluding tert-OH is 4. The minimum Gasteiger partial charge on any atom is -0.445 e. The molecule has 1 fully saturated rings. The van der Waals surface area contributed by atoms with Crippen LogP contribution in [0.3, 0.4) is 0 Å². The van der Waals surface area contributed by atoms with Crippen LogP contribution in [0.25, 0.3) is 0 Å². The Morgan fingerprint density at radius 1 is 1.12 bits per heavy atom. The molecule has 1 heterocycles. The molecule has 0 saturated carbocycles. The molecule has 0 aliphatic carbocycles. The summed E-state index contributed by atoms with van der Waals surface area (Å²) >= 11 is 0. The number of aliphatic hydroxyl groups is 4. The fraction of sp³-hybridized carbons (Fsp3) is 0.533. The lowest BCUT2D eigenvalue weighted by Crippen LogP contribution is -2.59. The van der Waals surface area contributed by atoms with E-state index in [2.05, 4.69) is 5.32 Å². The van der Waals surface area contributed by atoms with Gasteiger partial charge in [0.15, 0.2) is 6.29 Å². The van der Waals surface area contributed by atoms with Crippen LogP contribution in [-0.2, 0) is 20.8 Å². The van der Waals surface area contributed by atoms with Crippen LogP contribution >= 0.6 is 0 Å². The molecule has 5 atom stereocenters. The monoisotopic (exact) mass is 343 g/mol. The van der Waals surface area contributed by atoms with E-state index in [-0.39, 0.29) is 13.3 Å². The maximum atomic E-state index is 11.5. The number of ether oxygens (including phenoxy) is 3. The molecule has 1 aliphatic heterocycles. The third-order valence-corrected chi connectivity index (χ3v) is 3.53. The Hall–Kier alpha value is -1.75. The van der Waals surface area contributed by atoms with E-state index < -0.39 is 43.4 Å². The summed E-state index contributed by atoms with van der Waals surface area (Å²) in [6.07, 6.45) is -7.64. The van der Waals surface area contributed by atoms with Crippen molar-refractivity contribution in [2.75, 3.05) is 13.3 Å². The lowest BCUT2D eigenvalue weighted by Gasteiger charge is -2.39. The minimum atomic E-state index is -1.54. The predicted molar refractivity (Wildman–Crippen MR) is 79.5 cm³/mol. The van der Waals surface area contributed by atoms with Crippen LogP contribution in [0.2, 0.25) is 0 Å². The van der Waals surface area contributed by atoms with Crippen molar-refractivity contribution >= 4 is 6.09 Å². The van der Waals surface area contributed by atoms with E-state index in [1.165, 1.54) is 0 Å². The summed E-state index contributed by atoms with van der Waals surface area (Å²) in [6, 6.07) is 9.09. The smallest absolute Gasteiger partial charge is 0.409 e. The fourth-order valence-corrected chi connectivity index (χ4v) is 2.16. The van der Waals surface area contributed by atoms with Gasteiger partial charge in [0.2, 0.25) is 0 Å². The third-order valence-electron chi connectivity index (χ3n) is 3.53. The van der Waals surface area contributed by atoms with Crippen LogP contribution < -0.4 is 5.32 Å². The van der Waals surface area contributed by atoms with Gasteiger partial charge >= 0.3 is 6.09 Å². The maximum Gasteiger partial charge on any atom is 0.409 e. The van der Waals surface area contributed by atoms with Gasteiger partial charge in [0.05, 0.1) is 6.61 Å². The molecule has 1 amide bonds. The summed E-state index contributed by atoms with van der Waals surface area (Å²) in [5.74, 6) is 0. The highest BCUT2D eigenvalue weighted by Gasteiger charge is 2.44. The van der Waals surface area contributed by atoms with Gasteiger partial charge in [-0.1, -0.05) is 30.3 Å². The van der Waals surface area contributed by atoms with Gasteiger partial charge in [0, 0.05) is 0 Å². The van der Waals surface area contributed by atoms with Crippen LogP contribution in [0.1, 0.15) is 5.56 Å². The van der Waals surface area contributed by atoms with Gasteiger partial charge in [-0.25, -0.2) is 4.79 Å². The lowest BCUT2D eigenvalue weighted by atomic mass is 9.99. The molecule has 1 aromatic rings. The second-order valence-corrected chi connectivity index (χ2v) is 5.25. The minimum absolute atomic E-state index is 0.0900. The fourth-order valence-electron chi connectivity index (χ4n) is 2.16. The highest BCUT2D eigenvalue weighted by molar-refractivity contribution is 5.66. The Morgan fingerprint density at radius 3 is 2.50 bits per heavy atom. The molecule has 9 nitrogen and oxygen atoms in total. The summed E-state index contributed by atoms with van der Waals surface area (Å²) in [4.78, 5) is 11.5. The number of carbonyl (C=O) groups excluding carboxylic acids is 1. The molecule has 0 unspecified atom stereocenters. The molecule has 5 N–H and O–H groups in total. The van der Waals surface area contributed by atoms with Gasteiger partial charge in [-0.3, -0.25) is 5.32 Å². The number of carbonyl (C=O) groups is 1. The van der Waals surface area contributed by atoms with Crippen LogP contribution in [0.4, 0.5) is 4.79 Å². The largest absolute Gasteiger partial charge is 0.445 e. The first-order chi connectivity index (χ1) is 11.5. The number of nitrogens with one attached hydrogen (secondary N) is 1. The second kappa shape index (κ2) is 8.92. The Kier molecular flexibility index (Phi) is 6.91. The highest BCUT2D eigenvalue weighted by atomic mass is 16.7. The van der Waals surface area contributed by atoms with Gasteiger partial charge in [-0.05, 0) is 5.56 Å². The molecular weight excluding hydrogens is 322 g/mol. The summed E-state index contributed by atoms with van der Waals surface area (Å²) in [5.41, 5.74) is 0.822. The van der Waals surface area contributed by atoms with Crippen molar-refractivity contribution in [1.82, 2.24) is 5.32 Å². The van der Waals surface area contributed by atoms with E-state index in [4.69, 9.17) is 19.3 Å². The topological polar surface area (TPSA) is 138 Å². The van der Waals surface area contributed by atoms with E-state index >= 15 is 0 Å². The first kappa shape index (κ1) is 18.6. The normalized spacial score (nSPS) is 29.9. The Morgan fingerprint density at radius 2 is 1.83 bits per heavy atom. The summed E-state index contributed by atoms with van der Waals surface area (Å²) in [5, 5.41) is 40.3. The van der Waals surface area contributed by atoms with Gasteiger partial charge < -0.3 is 34.6 Å². The van der Waals surface area contributed by atoms with Crippen molar-refractivity contribution in [3.63, 3.8) is 0 Å². The molecule has 0 spiro atoms. The predicted octanol–water partition coefficient (Wildman–Crippen LogP) is -1.31. The second-order valence-electron chi connectivity index (χ2n) is 5.25. The van der Waals surface area contributed by atoms with Crippen molar-refractivity contribution in [1.29, 1.82) is 0 Å². The third kappa shape index (κ3) is 4.87. The Labute approximate surface area is 138 Å². The van der Waals surface area contributed by atoms with Crippen LogP contribution in [0.5, 0.6) is 0 Å². The SMILES string of the molecule is O=C(NCO[C@H]1O[C@H](CO)[C@@H](O)[C@H](O)[C@H]1O)OCc1ccccc1. The quantitative estimate of drug-likeness (QED) is 0.401. The van der Waals surface area contributed by atoms with Crippen molar-refractivity contribution in [2.24, 2.45) is 0 Å². The number of benzene rings is 1.